The van der Waals surface area contributed by atoms with Crippen molar-refractivity contribution in [3.8, 4) is 0 Å². The highest BCUT2D eigenvalue weighted by Crippen LogP contribution is 2.43. The third kappa shape index (κ3) is 38.3. The molecule has 0 bridgehead atoms. The summed E-state index contributed by atoms with van der Waals surface area (Å²) in [6.45, 7) is 2.52. The minimum Gasteiger partial charge on any atom is -0.480 e. The van der Waals surface area contributed by atoms with E-state index in [4.69, 9.17) is 13.8 Å². The first-order valence-corrected chi connectivity index (χ1v) is 23.2. The topological polar surface area (TPSA) is 169 Å². The van der Waals surface area contributed by atoms with E-state index >= 15 is 0 Å². The highest BCUT2D eigenvalue weighted by molar-refractivity contribution is 7.47. The van der Waals surface area contributed by atoms with Crippen LogP contribution in [0.5, 0.6) is 0 Å². The second-order valence-electron chi connectivity index (χ2n) is 14.5. The number of hydrogen-bond donors (Lipinski definition) is 4. The number of carbonyl (C=O) groups is 3. The van der Waals surface area contributed by atoms with Gasteiger partial charge in [0.05, 0.1) is 13.2 Å². The molecule has 3 atom stereocenters. The number of hydrogen-bond acceptors (Lipinski definition) is 8. The van der Waals surface area contributed by atoms with Gasteiger partial charge >= 0.3 is 19.8 Å². The number of aliphatic hydroxyl groups is 1. The SMILES string of the molecule is CCCCC/C=C\C/C=C\C/C=C\C/C=C\CCCCCCCC(=O)OCC(O)COP(=O)(O)OCC(NC(=O)CCCCCCCCCCCCC)C(=O)O. The normalized spacial score (nSPS) is 14.2. The number of aliphatic carboxylic acids is 1. The summed E-state index contributed by atoms with van der Waals surface area (Å²) in [5.41, 5.74) is 0. The van der Waals surface area contributed by atoms with Crippen molar-refractivity contribution in [3.05, 3.63) is 48.6 Å². The summed E-state index contributed by atoms with van der Waals surface area (Å²) < 4.78 is 26.8. The molecule has 0 saturated heterocycles. The van der Waals surface area contributed by atoms with E-state index in [1.54, 1.807) is 0 Å². The van der Waals surface area contributed by atoms with Crippen molar-refractivity contribution >= 4 is 25.7 Å². The van der Waals surface area contributed by atoms with E-state index in [2.05, 4.69) is 67.8 Å². The van der Waals surface area contributed by atoms with Crippen LogP contribution in [-0.4, -0.2) is 64.9 Å². The summed E-state index contributed by atoms with van der Waals surface area (Å²) in [5, 5.41) is 21.8. The Morgan fingerprint density at radius 1 is 0.571 bits per heavy atom. The van der Waals surface area contributed by atoms with Crippen molar-refractivity contribution in [2.75, 3.05) is 19.8 Å². The molecule has 0 spiro atoms. The number of phosphoric acid groups is 1. The van der Waals surface area contributed by atoms with Gasteiger partial charge in [-0.15, -0.1) is 0 Å². The molecular formula is C44H78NO10P. The van der Waals surface area contributed by atoms with Gasteiger partial charge in [-0.2, -0.15) is 0 Å². The number of carbonyl (C=O) groups excluding carboxylic acids is 2. The molecule has 324 valence electrons. The first-order valence-electron chi connectivity index (χ1n) is 21.7. The Bertz CT molecular complexity index is 1140. The molecule has 0 aromatic heterocycles. The average Bonchev–Trinajstić information content (AvgIpc) is 3.17. The van der Waals surface area contributed by atoms with Crippen LogP contribution >= 0.6 is 7.82 Å². The molecule has 0 aliphatic heterocycles. The van der Waals surface area contributed by atoms with Crippen molar-refractivity contribution < 1.29 is 47.8 Å². The second kappa shape index (κ2) is 39.3. The number of allylic oxidation sites excluding steroid dienone is 8. The Kier molecular flexibility index (Phi) is 37.5. The van der Waals surface area contributed by atoms with Gasteiger partial charge < -0.3 is 25.2 Å². The Morgan fingerprint density at radius 2 is 0.982 bits per heavy atom. The van der Waals surface area contributed by atoms with Crippen molar-refractivity contribution in [3.63, 3.8) is 0 Å². The summed E-state index contributed by atoms with van der Waals surface area (Å²) in [7, 11) is -4.76. The molecule has 0 fully saturated rings. The molecule has 0 radical (unpaired) electrons. The molecule has 0 saturated carbocycles. The first kappa shape index (κ1) is 53.4. The molecule has 0 aliphatic rings. The summed E-state index contributed by atoms with van der Waals surface area (Å²) in [4.78, 5) is 45.8. The van der Waals surface area contributed by atoms with E-state index in [0.717, 1.165) is 70.6 Å². The van der Waals surface area contributed by atoms with Crippen molar-refractivity contribution in [2.45, 2.75) is 193 Å². The Labute approximate surface area is 339 Å². The van der Waals surface area contributed by atoms with Crippen LogP contribution in [0, 0.1) is 0 Å². The molecule has 0 heterocycles. The Hall–Kier alpha value is -2.56. The quantitative estimate of drug-likeness (QED) is 0.0202. The van der Waals surface area contributed by atoms with Crippen LogP contribution in [-0.2, 0) is 32.7 Å². The van der Waals surface area contributed by atoms with Gasteiger partial charge in [-0.25, -0.2) is 9.36 Å². The smallest absolute Gasteiger partial charge is 0.472 e. The van der Waals surface area contributed by atoms with E-state index in [1.165, 1.54) is 70.6 Å². The zero-order valence-electron chi connectivity index (χ0n) is 34.9. The standard InChI is InChI=1S/C44H78NO10P/c1-3-5-7-9-11-13-15-16-17-18-19-20-21-22-23-24-26-28-30-32-34-36-43(48)53-37-40(46)38-54-56(51,52)55-39-41(44(49)50)45-42(47)35-33-31-29-27-25-14-12-10-8-6-4-2/h11,13,16-17,19-20,22-23,40-41,46H,3-10,12,14-15,18,21,24-39H2,1-2H3,(H,45,47)(H,49,50)(H,51,52)/b13-11-,17-16-,20-19-,23-22-. The van der Waals surface area contributed by atoms with Crippen molar-refractivity contribution in [1.82, 2.24) is 5.32 Å². The van der Waals surface area contributed by atoms with Gasteiger partial charge in [-0.05, 0) is 57.8 Å². The largest absolute Gasteiger partial charge is 0.480 e. The molecule has 56 heavy (non-hydrogen) atoms. The number of ether oxygens (including phenoxy) is 1. The lowest BCUT2D eigenvalue weighted by Crippen LogP contribution is -2.43. The van der Waals surface area contributed by atoms with E-state index in [1.807, 2.05) is 0 Å². The summed E-state index contributed by atoms with van der Waals surface area (Å²) in [6, 6.07) is -1.55. The molecule has 0 aromatic carbocycles. The zero-order valence-corrected chi connectivity index (χ0v) is 35.8. The summed E-state index contributed by atoms with van der Waals surface area (Å²) in [6.07, 6.45) is 42.8. The molecular weight excluding hydrogens is 733 g/mol. The number of unbranched alkanes of at least 4 members (excludes halogenated alkanes) is 18. The third-order valence-electron chi connectivity index (χ3n) is 9.12. The van der Waals surface area contributed by atoms with E-state index in [0.29, 0.717) is 12.8 Å². The van der Waals surface area contributed by atoms with Gasteiger partial charge in [0.15, 0.2) is 6.04 Å². The molecule has 0 aliphatic carbocycles. The van der Waals surface area contributed by atoms with Crippen LogP contribution in [0.3, 0.4) is 0 Å². The van der Waals surface area contributed by atoms with Gasteiger partial charge in [0.25, 0.3) is 0 Å². The number of carboxylic acids is 1. The first-order chi connectivity index (χ1) is 27.1. The van der Waals surface area contributed by atoms with Crippen LogP contribution in [0.2, 0.25) is 0 Å². The van der Waals surface area contributed by atoms with E-state index < -0.39 is 57.6 Å². The van der Waals surface area contributed by atoms with Gasteiger partial charge in [0, 0.05) is 12.8 Å². The monoisotopic (exact) mass is 812 g/mol. The van der Waals surface area contributed by atoms with Gasteiger partial charge in [0.2, 0.25) is 5.91 Å². The fourth-order valence-electron chi connectivity index (χ4n) is 5.71. The summed E-state index contributed by atoms with van der Waals surface area (Å²) >= 11 is 0. The number of esters is 1. The number of carboxylic acid groups (broad SMARTS) is 1. The van der Waals surface area contributed by atoms with Crippen LogP contribution in [0.15, 0.2) is 48.6 Å². The van der Waals surface area contributed by atoms with Gasteiger partial charge in [0.1, 0.15) is 12.7 Å². The van der Waals surface area contributed by atoms with Crippen molar-refractivity contribution in [2.24, 2.45) is 0 Å². The molecule has 0 rings (SSSR count). The molecule has 11 nitrogen and oxygen atoms in total. The fraction of sp³-hybridized carbons (Fsp3) is 0.750. The minimum atomic E-state index is -4.76. The highest BCUT2D eigenvalue weighted by atomic mass is 31.2. The zero-order chi connectivity index (χ0) is 41.4. The number of phosphoric ester groups is 1. The molecule has 1 amide bonds. The predicted octanol–water partition coefficient (Wildman–Crippen LogP) is 11.0. The highest BCUT2D eigenvalue weighted by Gasteiger charge is 2.28. The number of amides is 1. The Balaban J connectivity index is 3.92. The maximum Gasteiger partial charge on any atom is 0.472 e. The third-order valence-corrected chi connectivity index (χ3v) is 10.1. The fourth-order valence-corrected chi connectivity index (χ4v) is 6.48. The average molecular weight is 812 g/mol. The van der Waals surface area contributed by atoms with E-state index in [-0.39, 0.29) is 12.8 Å². The second-order valence-corrected chi connectivity index (χ2v) is 16.0. The molecule has 0 aromatic rings. The Morgan fingerprint density at radius 3 is 1.50 bits per heavy atom. The van der Waals surface area contributed by atoms with Crippen LogP contribution in [0.1, 0.15) is 181 Å². The predicted molar refractivity (Wildman–Crippen MR) is 226 cm³/mol. The van der Waals surface area contributed by atoms with Crippen LogP contribution in [0.4, 0.5) is 0 Å². The van der Waals surface area contributed by atoms with Crippen LogP contribution in [0.25, 0.3) is 0 Å². The van der Waals surface area contributed by atoms with Gasteiger partial charge in [-0.3, -0.25) is 18.6 Å². The van der Waals surface area contributed by atoms with E-state index in [9.17, 15) is 34.1 Å². The van der Waals surface area contributed by atoms with Gasteiger partial charge in [-0.1, -0.05) is 159 Å². The summed E-state index contributed by atoms with van der Waals surface area (Å²) in [5.74, 6) is -2.39. The molecule has 3 unspecified atom stereocenters. The van der Waals surface area contributed by atoms with Crippen molar-refractivity contribution in [1.29, 1.82) is 0 Å². The maximum atomic E-state index is 12.2. The molecule has 12 heteroatoms. The lowest BCUT2D eigenvalue weighted by Gasteiger charge is -2.18. The number of aliphatic hydroxyl groups excluding tert-OH is 1. The minimum absolute atomic E-state index is 0.145. The maximum absolute atomic E-state index is 12.2. The van der Waals surface area contributed by atoms with Crippen LogP contribution < -0.4 is 5.32 Å². The lowest BCUT2D eigenvalue weighted by atomic mass is 10.1. The molecule has 4 N–H and O–H groups in total. The number of rotatable bonds is 40. The lowest BCUT2D eigenvalue weighted by molar-refractivity contribution is -0.147. The number of nitrogens with one attached hydrogen (secondary N) is 1.